The summed E-state index contributed by atoms with van der Waals surface area (Å²) in [6.07, 6.45) is 3.78. The van der Waals surface area contributed by atoms with Crippen molar-refractivity contribution in [3.63, 3.8) is 0 Å². The quantitative estimate of drug-likeness (QED) is 0.659. The highest BCUT2D eigenvalue weighted by Crippen LogP contribution is 2.17. The van der Waals surface area contributed by atoms with Crippen molar-refractivity contribution in [3.05, 3.63) is 63.5 Å². The predicted molar refractivity (Wildman–Crippen MR) is 74.5 cm³/mol. The van der Waals surface area contributed by atoms with Crippen LogP contribution >= 0.6 is 11.6 Å². The van der Waals surface area contributed by atoms with Crippen LogP contribution in [0.15, 0.2) is 47.7 Å². The molecule has 1 unspecified atom stereocenters. The first-order valence-corrected chi connectivity index (χ1v) is 6.57. The number of hydrogen-bond acceptors (Lipinski definition) is 2. The monoisotopic (exact) mass is 281 g/mol. The van der Waals surface area contributed by atoms with E-state index in [2.05, 4.69) is 0 Å². The van der Waals surface area contributed by atoms with E-state index in [9.17, 15) is 9.42 Å². The van der Waals surface area contributed by atoms with Gasteiger partial charge in [-0.1, -0.05) is 23.7 Å². The number of allylic oxidation sites excluding steroid dienone is 2. The largest absolute Gasteiger partial charge is 0.623 e. The Morgan fingerprint density at radius 2 is 2.00 bits per heavy atom. The van der Waals surface area contributed by atoms with E-state index in [1.54, 1.807) is 18.2 Å². The van der Waals surface area contributed by atoms with Gasteiger partial charge in [0, 0.05) is 17.0 Å². The molecule has 0 aliphatic carbocycles. The van der Waals surface area contributed by atoms with Gasteiger partial charge >= 0.3 is 0 Å². The fourth-order valence-corrected chi connectivity index (χ4v) is 2.43. The standard InChI is InChI=1S/C13H12ClNO2S/c1-9-6-7-15(16)13(18-17)12(9)8-10-2-4-11(14)5-3-10/h2-7,15H,8H2,1H3. The lowest BCUT2D eigenvalue weighted by Crippen LogP contribution is -3.06. The second-order valence-corrected chi connectivity index (χ2v) is 5.09. The van der Waals surface area contributed by atoms with E-state index in [0.29, 0.717) is 16.4 Å². The topological polar surface area (TPSA) is 44.6 Å². The van der Waals surface area contributed by atoms with E-state index in [-0.39, 0.29) is 16.3 Å². The van der Waals surface area contributed by atoms with Gasteiger partial charge in [-0.05, 0) is 36.3 Å². The van der Waals surface area contributed by atoms with Crippen LogP contribution in [0.25, 0.3) is 0 Å². The third kappa shape index (κ3) is 2.79. The minimum absolute atomic E-state index is 0.204. The Balaban J connectivity index is 2.34. The Kier molecular flexibility index (Phi) is 4.14. The number of hydrogen-bond donors (Lipinski definition) is 1. The Bertz CT molecular complexity index is 571. The Morgan fingerprint density at radius 1 is 1.33 bits per heavy atom. The summed E-state index contributed by atoms with van der Waals surface area (Å²) in [5.74, 6) is 0. The number of nitrogens with one attached hydrogen (secondary N) is 1. The molecule has 0 bridgehead atoms. The molecule has 1 atom stereocenters. The number of benzene rings is 1. The summed E-state index contributed by atoms with van der Waals surface area (Å²) in [6, 6.07) is 7.41. The number of rotatable bonds is 2. The Morgan fingerprint density at radius 3 is 2.61 bits per heavy atom. The van der Waals surface area contributed by atoms with Crippen molar-refractivity contribution >= 4 is 27.8 Å². The SMILES string of the molecule is CC1=C(Cc2ccc(Cl)cc2)C(=S=O)[NH+]([O-])C=C1. The van der Waals surface area contributed by atoms with E-state index in [1.807, 2.05) is 19.1 Å². The van der Waals surface area contributed by atoms with Crippen LogP contribution in [0.1, 0.15) is 12.5 Å². The molecule has 18 heavy (non-hydrogen) atoms. The molecule has 1 heterocycles. The number of quaternary nitrogens is 1. The highest BCUT2D eigenvalue weighted by molar-refractivity contribution is 7.66. The van der Waals surface area contributed by atoms with Crippen molar-refractivity contribution in [2.24, 2.45) is 0 Å². The van der Waals surface area contributed by atoms with Gasteiger partial charge in [-0.2, -0.15) is 0 Å². The van der Waals surface area contributed by atoms with Gasteiger partial charge in [0.1, 0.15) is 6.20 Å². The lowest BCUT2D eigenvalue weighted by molar-refractivity contribution is -0.680. The summed E-state index contributed by atoms with van der Waals surface area (Å²) in [5.41, 5.74) is 2.80. The minimum atomic E-state index is -0.204. The van der Waals surface area contributed by atoms with E-state index in [0.717, 1.165) is 16.7 Å². The maximum atomic E-state index is 11.6. The Labute approximate surface area is 114 Å². The summed E-state index contributed by atoms with van der Waals surface area (Å²) in [7, 11) is 0. The predicted octanol–water partition coefficient (Wildman–Crippen LogP) is 1.45. The molecular formula is C13H12ClNO2S. The second-order valence-electron chi connectivity index (χ2n) is 4.07. The first-order chi connectivity index (χ1) is 8.61. The maximum absolute atomic E-state index is 11.6. The van der Waals surface area contributed by atoms with Gasteiger partial charge in [0.25, 0.3) is 0 Å². The molecule has 0 radical (unpaired) electrons. The van der Waals surface area contributed by atoms with Crippen LogP contribution in [0.5, 0.6) is 0 Å². The number of hydroxylamine groups is 2. The summed E-state index contributed by atoms with van der Waals surface area (Å²) in [6.45, 7) is 1.91. The molecule has 0 fully saturated rings. The maximum Gasteiger partial charge on any atom is 0.233 e. The number of halogens is 1. The van der Waals surface area contributed by atoms with Gasteiger partial charge in [0.15, 0.2) is 11.3 Å². The zero-order chi connectivity index (χ0) is 13.1. The van der Waals surface area contributed by atoms with Gasteiger partial charge in [0.05, 0.1) is 0 Å². The second kappa shape index (κ2) is 5.63. The van der Waals surface area contributed by atoms with E-state index in [4.69, 9.17) is 11.6 Å². The summed E-state index contributed by atoms with van der Waals surface area (Å²) in [4.78, 5) is 0.296. The molecule has 0 spiro atoms. The summed E-state index contributed by atoms with van der Waals surface area (Å²) < 4.78 is 11.1. The van der Waals surface area contributed by atoms with Gasteiger partial charge in [-0.3, -0.25) is 0 Å². The van der Waals surface area contributed by atoms with Crippen molar-refractivity contribution in [1.82, 2.24) is 0 Å². The average molecular weight is 282 g/mol. The molecule has 1 aromatic rings. The fourth-order valence-electron chi connectivity index (χ4n) is 1.82. The molecule has 94 valence electrons. The van der Waals surface area contributed by atoms with Gasteiger partial charge in [0.2, 0.25) is 4.99 Å². The molecule has 1 aliphatic heterocycles. The summed E-state index contributed by atoms with van der Waals surface area (Å²) in [5, 5.41) is 12.1. The first-order valence-electron chi connectivity index (χ1n) is 5.45. The highest BCUT2D eigenvalue weighted by atomic mass is 35.5. The molecule has 0 amide bonds. The summed E-state index contributed by atoms with van der Waals surface area (Å²) >= 11 is 6.10. The lowest BCUT2D eigenvalue weighted by atomic mass is 9.99. The van der Waals surface area contributed by atoms with Gasteiger partial charge in [-0.25, -0.2) is 4.21 Å². The van der Waals surface area contributed by atoms with E-state index < -0.39 is 0 Å². The van der Waals surface area contributed by atoms with Crippen LogP contribution < -0.4 is 5.06 Å². The van der Waals surface area contributed by atoms with Crippen LogP contribution in [-0.2, 0) is 17.7 Å². The van der Waals surface area contributed by atoms with Gasteiger partial charge < -0.3 is 10.3 Å². The third-order valence-electron chi connectivity index (χ3n) is 2.84. The van der Waals surface area contributed by atoms with Crippen LogP contribution in [0.4, 0.5) is 0 Å². The molecule has 0 saturated heterocycles. The first kappa shape index (κ1) is 13.2. The Hall–Kier alpha value is -1.20. The molecule has 1 aromatic carbocycles. The lowest BCUT2D eigenvalue weighted by Gasteiger charge is -2.23. The average Bonchev–Trinajstić information content (AvgIpc) is 2.37. The highest BCUT2D eigenvalue weighted by Gasteiger charge is 2.19. The van der Waals surface area contributed by atoms with Crippen LogP contribution in [0, 0.1) is 5.21 Å². The molecule has 0 saturated carbocycles. The van der Waals surface area contributed by atoms with Crippen LogP contribution in [0.2, 0.25) is 5.02 Å². The minimum Gasteiger partial charge on any atom is -0.623 e. The van der Waals surface area contributed by atoms with Crippen LogP contribution in [-0.4, -0.2) is 9.20 Å². The molecule has 3 nitrogen and oxygen atoms in total. The zero-order valence-electron chi connectivity index (χ0n) is 9.77. The molecule has 1 aliphatic rings. The van der Waals surface area contributed by atoms with Crippen molar-refractivity contribution in [1.29, 1.82) is 0 Å². The van der Waals surface area contributed by atoms with Crippen LogP contribution in [0.3, 0.4) is 0 Å². The van der Waals surface area contributed by atoms with Crippen molar-refractivity contribution in [2.45, 2.75) is 13.3 Å². The van der Waals surface area contributed by atoms with E-state index in [1.165, 1.54) is 6.20 Å². The van der Waals surface area contributed by atoms with E-state index >= 15 is 0 Å². The molecule has 1 N–H and O–H groups in total. The normalized spacial score (nSPS) is 19.3. The molecule has 0 aromatic heterocycles. The third-order valence-corrected chi connectivity index (χ3v) is 3.70. The smallest absolute Gasteiger partial charge is 0.233 e. The van der Waals surface area contributed by atoms with Gasteiger partial charge in [-0.15, -0.1) is 0 Å². The van der Waals surface area contributed by atoms with Crippen molar-refractivity contribution < 1.29 is 9.27 Å². The molecule has 2 rings (SSSR count). The fraction of sp³-hybridized carbons (Fsp3) is 0.154. The zero-order valence-corrected chi connectivity index (χ0v) is 11.3. The van der Waals surface area contributed by atoms with Crippen molar-refractivity contribution in [3.8, 4) is 0 Å². The molecular weight excluding hydrogens is 270 g/mol. The van der Waals surface area contributed by atoms with Crippen molar-refractivity contribution in [2.75, 3.05) is 0 Å². The molecule has 5 heteroatoms.